The second-order valence-corrected chi connectivity index (χ2v) is 8.76. The van der Waals surface area contributed by atoms with Crippen molar-refractivity contribution in [2.24, 2.45) is 7.05 Å². The molecule has 0 saturated carbocycles. The van der Waals surface area contributed by atoms with E-state index in [1.807, 2.05) is 31.3 Å². The Kier molecular flexibility index (Phi) is 6.77. The number of anilines is 1. The zero-order chi connectivity index (χ0) is 25.1. The molecule has 0 bridgehead atoms. The second-order valence-electron chi connectivity index (χ2n) is 8.76. The highest BCUT2D eigenvalue weighted by atomic mass is 19.1. The fourth-order valence-electron chi connectivity index (χ4n) is 4.42. The molecule has 1 saturated heterocycles. The van der Waals surface area contributed by atoms with Gasteiger partial charge in [-0.15, -0.1) is 0 Å². The third kappa shape index (κ3) is 4.99. The molecule has 1 fully saturated rings. The van der Waals surface area contributed by atoms with Crippen molar-refractivity contribution in [3.05, 3.63) is 66.2 Å². The van der Waals surface area contributed by atoms with Crippen molar-refractivity contribution < 1.29 is 18.7 Å². The average Bonchev–Trinajstić information content (AvgIpc) is 3.48. The Hall–Kier alpha value is -4.05. The van der Waals surface area contributed by atoms with E-state index >= 15 is 0 Å². The Bertz CT molecular complexity index is 1400. The number of imidazole rings is 1. The molecule has 10 heteroatoms. The van der Waals surface area contributed by atoms with Crippen molar-refractivity contribution in [1.29, 1.82) is 0 Å². The van der Waals surface area contributed by atoms with Crippen molar-refractivity contribution in [1.82, 2.24) is 24.6 Å². The topological polar surface area (TPSA) is 105 Å². The molecular weight excluding hydrogens is 463 g/mol. The number of fused-ring (bicyclic) bond motifs is 1. The Morgan fingerprint density at radius 3 is 2.83 bits per heavy atom. The maximum Gasteiger partial charge on any atom is 0.256 e. The number of ether oxygens (including phenoxy) is 1. The highest BCUT2D eigenvalue weighted by molar-refractivity contribution is 5.94. The van der Waals surface area contributed by atoms with Crippen LogP contribution in [0.1, 0.15) is 18.7 Å². The number of H-pyrrole nitrogens is 1. The molecule has 1 aliphatic rings. The van der Waals surface area contributed by atoms with E-state index in [2.05, 4.69) is 25.1 Å². The van der Waals surface area contributed by atoms with Gasteiger partial charge in [0.15, 0.2) is 11.9 Å². The highest BCUT2D eigenvalue weighted by Crippen LogP contribution is 2.23. The van der Waals surface area contributed by atoms with Crippen LogP contribution in [0.5, 0.6) is 0 Å². The number of benzene rings is 2. The lowest BCUT2D eigenvalue weighted by atomic mass is 10.1. The summed E-state index contributed by atoms with van der Waals surface area (Å²) in [6.07, 6.45) is 0.907. The number of morpholine rings is 1. The van der Waals surface area contributed by atoms with Gasteiger partial charge in [-0.25, -0.2) is 9.37 Å². The maximum atomic E-state index is 14.0. The summed E-state index contributed by atoms with van der Waals surface area (Å²) in [5.74, 6) is 0.389. The van der Waals surface area contributed by atoms with Gasteiger partial charge >= 0.3 is 0 Å². The van der Waals surface area contributed by atoms with E-state index in [0.29, 0.717) is 37.1 Å². The van der Waals surface area contributed by atoms with Crippen LogP contribution in [0, 0.1) is 5.82 Å². The van der Waals surface area contributed by atoms with Gasteiger partial charge in [0.05, 0.1) is 29.9 Å². The molecule has 2 amide bonds. The van der Waals surface area contributed by atoms with Gasteiger partial charge < -0.3 is 19.5 Å². The minimum absolute atomic E-state index is 0.0172. The Labute approximate surface area is 207 Å². The predicted molar refractivity (Wildman–Crippen MR) is 133 cm³/mol. The molecule has 0 spiro atoms. The number of halogens is 1. The first-order chi connectivity index (χ1) is 17.5. The predicted octanol–water partition coefficient (Wildman–Crippen LogP) is 3.29. The lowest BCUT2D eigenvalue weighted by molar-refractivity contribution is -0.144. The zero-order valence-corrected chi connectivity index (χ0v) is 19.9. The first-order valence-electron chi connectivity index (χ1n) is 11.9. The lowest BCUT2D eigenvalue weighted by Gasteiger charge is -2.32. The van der Waals surface area contributed by atoms with Crippen LogP contribution in [0.15, 0.2) is 54.6 Å². The summed E-state index contributed by atoms with van der Waals surface area (Å²) in [5.41, 5.74) is 2.82. The molecule has 2 aromatic heterocycles. The molecule has 1 aliphatic heterocycles. The highest BCUT2D eigenvalue weighted by Gasteiger charge is 2.29. The quantitative estimate of drug-likeness (QED) is 0.414. The number of nitrogens with zero attached hydrogens (tertiary/aromatic N) is 4. The molecule has 36 heavy (non-hydrogen) atoms. The van der Waals surface area contributed by atoms with Crippen LogP contribution in [0.25, 0.3) is 22.3 Å². The third-order valence-electron chi connectivity index (χ3n) is 6.38. The van der Waals surface area contributed by atoms with Gasteiger partial charge in [0.2, 0.25) is 5.91 Å². The number of nitrogens with one attached hydrogen (secondary N) is 2. The number of para-hydroxylation sites is 2. The van der Waals surface area contributed by atoms with E-state index < -0.39 is 12.0 Å². The first kappa shape index (κ1) is 23.7. The largest absolute Gasteiger partial charge is 0.365 e. The van der Waals surface area contributed by atoms with Crippen molar-refractivity contribution >= 4 is 28.7 Å². The van der Waals surface area contributed by atoms with E-state index in [1.165, 1.54) is 6.07 Å². The van der Waals surface area contributed by atoms with E-state index in [9.17, 15) is 14.0 Å². The van der Waals surface area contributed by atoms with Crippen LogP contribution in [-0.4, -0.2) is 62.3 Å². The average molecular weight is 491 g/mol. The summed E-state index contributed by atoms with van der Waals surface area (Å²) in [5, 5.41) is 9.46. The van der Waals surface area contributed by atoms with Crippen molar-refractivity contribution in [2.75, 3.05) is 25.0 Å². The van der Waals surface area contributed by atoms with Crippen LogP contribution in [0.2, 0.25) is 0 Å². The second kappa shape index (κ2) is 10.3. The molecular formula is C26H27FN6O3. The Balaban J connectivity index is 1.13. The molecule has 5 rings (SSSR count). The van der Waals surface area contributed by atoms with Gasteiger partial charge in [0, 0.05) is 38.1 Å². The number of carbonyl (C=O) groups excluding carboxylic acids is 2. The summed E-state index contributed by atoms with van der Waals surface area (Å²) in [6.45, 7) is 0.881. The fourth-order valence-corrected chi connectivity index (χ4v) is 4.42. The normalized spacial score (nSPS) is 15.8. The molecule has 0 aliphatic carbocycles. The molecule has 186 valence electrons. The lowest BCUT2D eigenvalue weighted by Crippen LogP contribution is -2.50. The fraction of sp³-hybridized carbons (Fsp3) is 0.308. The molecule has 2 aromatic carbocycles. The van der Waals surface area contributed by atoms with Crippen molar-refractivity contribution in [3.63, 3.8) is 0 Å². The van der Waals surface area contributed by atoms with Gasteiger partial charge in [-0.1, -0.05) is 24.3 Å². The van der Waals surface area contributed by atoms with Crippen LogP contribution in [-0.2, 0) is 27.8 Å². The summed E-state index contributed by atoms with van der Waals surface area (Å²) in [7, 11) is 1.98. The molecule has 9 nitrogen and oxygen atoms in total. The zero-order valence-electron chi connectivity index (χ0n) is 19.9. The van der Waals surface area contributed by atoms with Crippen molar-refractivity contribution in [3.8, 4) is 11.3 Å². The van der Waals surface area contributed by atoms with Crippen LogP contribution >= 0.6 is 0 Å². The molecule has 0 radical (unpaired) electrons. The summed E-state index contributed by atoms with van der Waals surface area (Å²) < 4.78 is 21.7. The summed E-state index contributed by atoms with van der Waals surface area (Å²) in [4.78, 5) is 31.9. The number of aryl methyl sites for hydroxylation is 2. The number of carbonyl (C=O) groups is 2. The standard InChI is InChI=1S/C26H27FN6O3/c1-32-21-10-5-4-9-19(21)28-24(32)11-6-12-25(34)33-13-14-36-22(16-33)26(35)29-23-15-20(30-31-23)17-7-2-3-8-18(17)27/h2-5,7-10,15,22H,6,11-14,16H2,1H3,(H2,29,30,31,35). The molecule has 3 heterocycles. The maximum absolute atomic E-state index is 14.0. The number of rotatable bonds is 7. The smallest absolute Gasteiger partial charge is 0.256 e. The molecule has 1 atom stereocenters. The molecule has 4 aromatic rings. The first-order valence-corrected chi connectivity index (χ1v) is 11.9. The number of amides is 2. The third-order valence-corrected chi connectivity index (χ3v) is 6.38. The van der Waals surface area contributed by atoms with Crippen LogP contribution in [0.4, 0.5) is 10.2 Å². The monoisotopic (exact) mass is 490 g/mol. The Morgan fingerprint density at radius 2 is 2.00 bits per heavy atom. The van der Waals surface area contributed by atoms with Gasteiger partial charge in [-0.2, -0.15) is 5.10 Å². The minimum atomic E-state index is -0.809. The van der Waals surface area contributed by atoms with Gasteiger partial charge in [0.1, 0.15) is 11.6 Å². The molecule has 2 N–H and O–H groups in total. The van der Waals surface area contributed by atoms with E-state index in [0.717, 1.165) is 16.9 Å². The minimum Gasteiger partial charge on any atom is -0.365 e. The van der Waals surface area contributed by atoms with Gasteiger partial charge in [-0.3, -0.25) is 14.7 Å². The number of hydrogen-bond acceptors (Lipinski definition) is 5. The van der Waals surface area contributed by atoms with Crippen LogP contribution in [0.3, 0.4) is 0 Å². The van der Waals surface area contributed by atoms with Gasteiger partial charge in [0.25, 0.3) is 5.91 Å². The number of aromatic nitrogens is 4. The van der Waals surface area contributed by atoms with Gasteiger partial charge in [-0.05, 0) is 30.7 Å². The molecule has 1 unspecified atom stereocenters. The van der Waals surface area contributed by atoms with E-state index in [-0.39, 0.29) is 30.7 Å². The SMILES string of the molecule is Cn1c(CCCC(=O)N2CCOC(C(=O)Nc3cc(-c4ccccc4F)[nH]n3)C2)nc2ccccc21. The van der Waals surface area contributed by atoms with E-state index in [4.69, 9.17) is 4.74 Å². The van der Waals surface area contributed by atoms with E-state index in [1.54, 1.807) is 29.2 Å². The number of hydrogen-bond donors (Lipinski definition) is 2. The van der Waals surface area contributed by atoms with Crippen molar-refractivity contribution in [2.45, 2.75) is 25.4 Å². The van der Waals surface area contributed by atoms with Crippen LogP contribution < -0.4 is 5.32 Å². The summed E-state index contributed by atoms with van der Waals surface area (Å²) >= 11 is 0. The number of aromatic amines is 1. The summed E-state index contributed by atoms with van der Waals surface area (Å²) in [6, 6.07) is 15.8. The Morgan fingerprint density at radius 1 is 1.19 bits per heavy atom.